The van der Waals surface area contributed by atoms with Crippen molar-refractivity contribution in [1.82, 2.24) is 19.7 Å². The first-order valence-electron chi connectivity index (χ1n) is 10.1. The Morgan fingerprint density at radius 2 is 1.93 bits per heavy atom. The highest BCUT2D eigenvalue weighted by molar-refractivity contribution is 5.77. The summed E-state index contributed by atoms with van der Waals surface area (Å²) in [7, 11) is 0. The number of nitrogens with zero attached hydrogens (tertiary/aromatic N) is 4. The lowest BCUT2D eigenvalue weighted by molar-refractivity contribution is -0.132. The van der Waals surface area contributed by atoms with Crippen LogP contribution in [0.5, 0.6) is 0 Å². The Labute approximate surface area is 170 Å². The van der Waals surface area contributed by atoms with Gasteiger partial charge in [-0.1, -0.05) is 18.2 Å². The molecule has 0 aliphatic carbocycles. The van der Waals surface area contributed by atoms with Gasteiger partial charge in [0.25, 0.3) is 0 Å². The summed E-state index contributed by atoms with van der Waals surface area (Å²) in [4.78, 5) is 19.4. The normalized spacial score (nSPS) is 16.3. The second-order valence-corrected chi connectivity index (χ2v) is 7.59. The van der Waals surface area contributed by atoms with E-state index in [0.717, 1.165) is 41.9 Å². The van der Waals surface area contributed by atoms with E-state index in [9.17, 15) is 9.18 Å². The molecular formula is C23H25FN4O. The Kier molecular flexibility index (Phi) is 5.69. The molecule has 0 saturated carbocycles. The number of rotatable bonds is 6. The fourth-order valence-electron chi connectivity index (χ4n) is 3.93. The van der Waals surface area contributed by atoms with E-state index in [1.54, 1.807) is 18.3 Å². The molecule has 4 rings (SSSR count). The van der Waals surface area contributed by atoms with Gasteiger partial charge in [0, 0.05) is 37.6 Å². The van der Waals surface area contributed by atoms with Gasteiger partial charge >= 0.3 is 0 Å². The summed E-state index contributed by atoms with van der Waals surface area (Å²) in [6.45, 7) is 3.37. The van der Waals surface area contributed by atoms with E-state index in [1.165, 1.54) is 12.1 Å². The first-order chi connectivity index (χ1) is 14.1. The lowest BCUT2D eigenvalue weighted by Crippen LogP contribution is -2.31. The van der Waals surface area contributed by atoms with Gasteiger partial charge in [-0.3, -0.25) is 14.5 Å². The molecule has 1 fully saturated rings. The van der Waals surface area contributed by atoms with Crippen LogP contribution >= 0.6 is 0 Å². The zero-order chi connectivity index (χ0) is 20.2. The molecule has 3 heterocycles. The van der Waals surface area contributed by atoms with E-state index in [4.69, 9.17) is 0 Å². The van der Waals surface area contributed by atoms with Crippen molar-refractivity contribution in [3.05, 3.63) is 83.2 Å². The van der Waals surface area contributed by atoms with Crippen molar-refractivity contribution in [3.8, 4) is 0 Å². The summed E-state index contributed by atoms with van der Waals surface area (Å²) in [5.74, 6) is -0.0736. The van der Waals surface area contributed by atoms with Crippen LogP contribution in [0.1, 0.15) is 47.8 Å². The molecule has 150 valence electrons. The first kappa shape index (κ1) is 19.3. The monoisotopic (exact) mass is 392 g/mol. The molecule has 29 heavy (non-hydrogen) atoms. The average molecular weight is 392 g/mol. The number of hydrogen-bond donors (Lipinski definition) is 0. The molecule has 0 N–H and O–H groups in total. The molecule has 1 atom stereocenters. The van der Waals surface area contributed by atoms with Crippen LogP contribution in [-0.2, 0) is 17.8 Å². The quantitative estimate of drug-likeness (QED) is 0.635. The maximum Gasteiger partial charge on any atom is 0.224 e. The van der Waals surface area contributed by atoms with Gasteiger partial charge in [0.1, 0.15) is 5.82 Å². The number of aromatic nitrogens is 3. The second-order valence-electron chi connectivity index (χ2n) is 7.59. The molecule has 3 aromatic rings. The Hall–Kier alpha value is -3.02. The molecule has 1 aliphatic rings. The predicted octanol–water partition coefficient (Wildman–Crippen LogP) is 4.07. The van der Waals surface area contributed by atoms with Gasteiger partial charge in [-0.2, -0.15) is 5.10 Å². The molecule has 1 saturated heterocycles. The van der Waals surface area contributed by atoms with Crippen LogP contribution in [0, 0.1) is 12.7 Å². The smallest absolute Gasteiger partial charge is 0.224 e. The summed E-state index contributed by atoms with van der Waals surface area (Å²) in [6.07, 6.45) is 6.72. The number of amides is 1. The van der Waals surface area contributed by atoms with Crippen LogP contribution in [0.2, 0.25) is 0 Å². The molecule has 6 heteroatoms. The van der Waals surface area contributed by atoms with Crippen LogP contribution in [0.4, 0.5) is 4.39 Å². The van der Waals surface area contributed by atoms with Crippen molar-refractivity contribution in [2.75, 3.05) is 6.54 Å². The van der Waals surface area contributed by atoms with Gasteiger partial charge in [-0.25, -0.2) is 4.39 Å². The van der Waals surface area contributed by atoms with E-state index < -0.39 is 0 Å². The maximum atomic E-state index is 13.1. The summed E-state index contributed by atoms with van der Waals surface area (Å²) in [5, 5.41) is 4.25. The van der Waals surface area contributed by atoms with Crippen LogP contribution in [0.25, 0.3) is 0 Å². The fraction of sp³-hybridized carbons (Fsp3) is 0.348. The highest BCUT2D eigenvalue weighted by Gasteiger charge is 2.30. The minimum atomic E-state index is -0.226. The average Bonchev–Trinajstić information content (AvgIpc) is 3.38. The second kappa shape index (κ2) is 8.55. The number of carbonyl (C=O) groups is 1. The molecule has 1 unspecified atom stereocenters. The molecular weight excluding hydrogens is 367 g/mol. The summed E-state index contributed by atoms with van der Waals surface area (Å²) >= 11 is 0. The van der Waals surface area contributed by atoms with Crippen LogP contribution in [0.3, 0.4) is 0 Å². The Bertz CT molecular complexity index is 965. The number of carbonyl (C=O) groups excluding carboxylic acids is 1. The highest BCUT2D eigenvalue weighted by atomic mass is 19.1. The SMILES string of the molecule is Cc1ccnn1CCC(=O)N1CCCC1c1ccc(Cc2ccc(F)cc2)cn1. The number of benzene rings is 1. The Morgan fingerprint density at radius 3 is 2.62 bits per heavy atom. The summed E-state index contributed by atoms with van der Waals surface area (Å²) in [6, 6.07) is 12.6. The van der Waals surface area contributed by atoms with E-state index in [-0.39, 0.29) is 17.8 Å². The van der Waals surface area contributed by atoms with Gasteiger partial charge in [0.05, 0.1) is 11.7 Å². The van der Waals surface area contributed by atoms with Crippen molar-refractivity contribution in [2.24, 2.45) is 0 Å². The number of halogens is 1. The largest absolute Gasteiger partial charge is 0.334 e. The fourth-order valence-corrected chi connectivity index (χ4v) is 3.93. The van der Waals surface area contributed by atoms with Crippen LogP contribution in [-0.4, -0.2) is 32.1 Å². The molecule has 1 amide bonds. The topological polar surface area (TPSA) is 51.0 Å². The predicted molar refractivity (Wildman–Crippen MR) is 109 cm³/mol. The molecule has 1 aromatic carbocycles. The van der Waals surface area contributed by atoms with E-state index in [0.29, 0.717) is 19.4 Å². The van der Waals surface area contributed by atoms with E-state index in [2.05, 4.69) is 16.1 Å². The molecule has 0 spiro atoms. The number of pyridine rings is 1. The first-order valence-corrected chi connectivity index (χ1v) is 10.1. The number of aryl methyl sites for hydroxylation is 2. The zero-order valence-electron chi connectivity index (χ0n) is 16.6. The molecule has 0 radical (unpaired) electrons. The third-order valence-corrected chi connectivity index (χ3v) is 5.55. The van der Waals surface area contributed by atoms with Gasteiger partial charge in [0.15, 0.2) is 0 Å². The van der Waals surface area contributed by atoms with Crippen molar-refractivity contribution >= 4 is 5.91 Å². The van der Waals surface area contributed by atoms with Gasteiger partial charge in [-0.15, -0.1) is 0 Å². The van der Waals surface area contributed by atoms with Gasteiger partial charge < -0.3 is 4.90 Å². The van der Waals surface area contributed by atoms with E-state index in [1.807, 2.05) is 34.8 Å². The number of likely N-dealkylation sites (tertiary alicyclic amines) is 1. The molecule has 2 aromatic heterocycles. The van der Waals surface area contributed by atoms with Crippen LogP contribution < -0.4 is 0 Å². The van der Waals surface area contributed by atoms with Crippen molar-refractivity contribution in [2.45, 2.75) is 45.2 Å². The lowest BCUT2D eigenvalue weighted by Gasteiger charge is -2.24. The van der Waals surface area contributed by atoms with Crippen molar-refractivity contribution in [1.29, 1.82) is 0 Å². The molecule has 5 nitrogen and oxygen atoms in total. The molecule has 1 aliphatic heterocycles. The standard InChI is InChI=1S/C23H25FN4O/c1-17-10-12-26-28(17)14-11-23(29)27-13-2-3-22(27)21-9-6-19(16-25-21)15-18-4-7-20(24)8-5-18/h4-10,12,16,22H,2-3,11,13-15H2,1H3. The molecule has 0 bridgehead atoms. The van der Waals surface area contributed by atoms with Crippen LogP contribution in [0.15, 0.2) is 54.9 Å². The Balaban J connectivity index is 1.39. The zero-order valence-corrected chi connectivity index (χ0v) is 16.6. The minimum Gasteiger partial charge on any atom is -0.334 e. The highest BCUT2D eigenvalue weighted by Crippen LogP contribution is 2.31. The summed E-state index contributed by atoms with van der Waals surface area (Å²) in [5.41, 5.74) is 4.13. The third-order valence-electron chi connectivity index (χ3n) is 5.55. The third kappa shape index (κ3) is 4.53. The van der Waals surface area contributed by atoms with Crippen molar-refractivity contribution in [3.63, 3.8) is 0 Å². The lowest BCUT2D eigenvalue weighted by atomic mass is 10.0. The van der Waals surface area contributed by atoms with Gasteiger partial charge in [-0.05, 0) is 61.6 Å². The van der Waals surface area contributed by atoms with Gasteiger partial charge in [0.2, 0.25) is 5.91 Å². The maximum absolute atomic E-state index is 13.1. The Morgan fingerprint density at radius 1 is 1.14 bits per heavy atom. The summed E-state index contributed by atoms with van der Waals surface area (Å²) < 4.78 is 14.9. The minimum absolute atomic E-state index is 0.0427. The van der Waals surface area contributed by atoms with E-state index >= 15 is 0 Å². The number of hydrogen-bond acceptors (Lipinski definition) is 3. The van der Waals surface area contributed by atoms with Crippen molar-refractivity contribution < 1.29 is 9.18 Å².